The maximum atomic E-state index is 12.7. The first kappa shape index (κ1) is 18.7. The van der Waals surface area contributed by atoms with Crippen molar-refractivity contribution < 1.29 is 17.6 Å². The number of aryl methyl sites for hydroxylation is 1. The molecule has 1 aromatic carbocycles. The zero-order valence-electron chi connectivity index (χ0n) is 15.1. The van der Waals surface area contributed by atoms with Crippen LogP contribution in [0.4, 0.5) is 0 Å². The van der Waals surface area contributed by atoms with E-state index in [-0.39, 0.29) is 29.9 Å². The van der Waals surface area contributed by atoms with E-state index >= 15 is 0 Å². The summed E-state index contributed by atoms with van der Waals surface area (Å²) < 4.78 is 29.3. The van der Waals surface area contributed by atoms with Crippen LogP contribution in [0.25, 0.3) is 11.3 Å². The van der Waals surface area contributed by atoms with Crippen molar-refractivity contribution in [1.29, 1.82) is 0 Å². The van der Waals surface area contributed by atoms with Crippen LogP contribution in [-0.4, -0.2) is 56.0 Å². The number of furan rings is 1. The predicted octanol–water partition coefficient (Wildman–Crippen LogP) is 2.37. The molecule has 1 aliphatic rings. The summed E-state index contributed by atoms with van der Waals surface area (Å²) in [6, 6.07) is 13.3. The summed E-state index contributed by atoms with van der Waals surface area (Å²) in [5, 5.41) is 3.26. The summed E-state index contributed by atoms with van der Waals surface area (Å²) in [7, 11) is 0.493. The van der Waals surface area contributed by atoms with Crippen LogP contribution in [0.3, 0.4) is 0 Å². The average molecular weight is 376 g/mol. The van der Waals surface area contributed by atoms with E-state index in [0.29, 0.717) is 12.8 Å². The summed E-state index contributed by atoms with van der Waals surface area (Å²) in [6.45, 7) is 0. The molecule has 0 aliphatic carbocycles. The van der Waals surface area contributed by atoms with E-state index in [2.05, 4.69) is 0 Å². The molecule has 1 aliphatic heterocycles. The second kappa shape index (κ2) is 7.63. The van der Waals surface area contributed by atoms with Crippen molar-refractivity contribution in [2.45, 2.75) is 25.3 Å². The number of hydrogen-bond acceptors (Lipinski definition) is 5. The fourth-order valence-electron chi connectivity index (χ4n) is 3.34. The topological polar surface area (TPSA) is 70.8 Å². The fourth-order valence-corrected chi connectivity index (χ4v) is 5.03. The SMILES string of the molecule is CN(C)N(C(=O)CCc1ccc(-c2ccccc2)o1)C1CCS(=O)(=O)C1. The Balaban J connectivity index is 1.63. The normalized spacial score (nSPS) is 19.0. The van der Waals surface area contributed by atoms with Crippen LogP contribution < -0.4 is 0 Å². The lowest BCUT2D eigenvalue weighted by Crippen LogP contribution is -2.49. The molecule has 1 fully saturated rings. The van der Waals surface area contributed by atoms with Crippen molar-refractivity contribution in [3.63, 3.8) is 0 Å². The van der Waals surface area contributed by atoms with Gasteiger partial charge in [-0.15, -0.1) is 0 Å². The van der Waals surface area contributed by atoms with E-state index < -0.39 is 9.84 Å². The van der Waals surface area contributed by atoms with Crippen molar-refractivity contribution in [2.24, 2.45) is 0 Å². The van der Waals surface area contributed by atoms with Crippen LogP contribution in [0.1, 0.15) is 18.6 Å². The number of rotatable bonds is 6. The van der Waals surface area contributed by atoms with Crippen molar-refractivity contribution >= 4 is 15.7 Å². The molecule has 1 unspecified atom stereocenters. The molecule has 2 aromatic rings. The highest BCUT2D eigenvalue weighted by Gasteiger charge is 2.35. The summed E-state index contributed by atoms with van der Waals surface area (Å²) in [6.07, 6.45) is 1.25. The maximum Gasteiger partial charge on any atom is 0.237 e. The Bertz CT molecular complexity index is 859. The number of amides is 1. The molecule has 6 nitrogen and oxygen atoms in total. The number of benzene rings is 1. The van der Waals surface area contributed by atoms with Crippen LogP contribution in [0, 0.1) is 0 Å². The summed E-state index contributed by atoms with van der Waals surface area (Å²) in [5.74, 6) is 1.62. The second-order valence-corrected chi connectivity index (χ2v) is 9.00. The van der Waals surface area contributed by atoms with Gasteiger partial charge in [0.05, 0.1) is 17.5 Å². The lowest BCUT2D eigenvalue weighted by Gasteiger charge is -2.33. The Kier molecular flexibility index (Phi) is 5.48. The van der Waals surface area contributed by atoms with E-state index in [1.54, 1.807) is 24.1 Å². The quantitative estimate of drug-likeness (QED) is 0.724. The van der Waals surface area contributed by atoms with Gasteiger partial charge in [-0.05, 0) is 18.6 Å². The van der Waals surface area contributed by atoms with Crippen LogP contribution >= 0.6 is 0 Å². The molecular weight excluding hydrogens is 352 g/mol. The molecule has 1 saturated heterocycles. The van der Waals surface area contributed by atoms with Gasteiger partial charge in [0.25, 0.3) is 0 Å². The summed E-state index contributed by atoms with van der Waals surface area (Å²) in [4.78, 5) is 12.7. The minimum absolute atomic E-state index is 0.0375. The Hall–Kier alpha value is -2.12. The number of nitrogens with zero attached hydrogens (tertiary/aromatic N) is 2. The number of sulfone groups is 1. The van der Waals surface area contributed by atoms with Crippen LogP contribution in [0.5, 0.6) is 0 Å². The third-order valence-electron chi connectivity index (χ3n) is 4.55. The van der Waals surface area contributed by atoms with Crippen LogP contribution in [-0.2, 0) is 21.1 Å². The lowest BCUT2D eigenvalue weighted by atomic mass is 10.2. The van der Waals surface area contributed by atoms with Gasteiger partial charge in [-0.1, -0.05) is 30.3 Å². The largest absolute Gasteiger partial charge is 0.461 e. The van der Waals surface area contributed by atoms with Gasteiger partial charge in [-0.2, -0.15) is 0 Å². The van der Waals surface area contributed by atoms with Crippen LogP contribution in [0.2, 0.25) is 0 Å². The van der Waals surface area contributed by atoms with Gasteiger partial charge in [0.15, 0.2) is 9.84 Å². The molecule has 1 aromatic heterocycles. The number of hydrazine groups is 1. The Morgan fingerprint density at radius 1 is 1.15 bits per heavy atom. The molecule has 1 atom stereocenters. The maximum absolute atomic E-state index is 12.7. The van der Waals surface area contributed by atoms with Gasteiger partial charge < -0.3 is 4.42 Å². The third-order valence-corrected chi connectivity index (χ3v) is 6.30. The van der Waals surface area contributed by atoms with Crippen molar-refractivity contribution in [2.75, 3.05) is 25.6 Å². The van der Waals surface area contributed by atoms with E-state index in [1.165, 1.54) is 0 Å². The lowest BCUT2D eigenvalue weighted by molar-refractivity contribution is -0.148. The van der Waals surface area contributed by atoms with Crippen molar-refractivity contribution in [3.8, 4) is 11.3 Å². The zero-order chi connectivity index (χ0) is 18.7. The van der Waals surface area contributed by atoms with Gasteiger partial charge in [-0.3, -0.25) is 9.80 Å². The molecule has 140 valence electrons. The number of carbonyl (C=O) groups excluding carboxylic acids is 1. The third kappa shape index (κ3) is 4.34. The average Bonchev–Trinajstić information content (AvgIpc) is 3.20. The molecule has 0 spiro atoms. The van der Waals surface area contributed by atoms with E-state index in [0.717, 1.165) is 17.1 Å². The van der Waals surface area contributed by atoms with Crippen molar-refractivity contribution in [1.82, 2.24) is 10.0 Å². The highest BCUT2D eigenvalue weighted by Crippen LogP contribution is 2.23. The van der Waals surface area contributed by atoms with Crippen LogP contribution in [0.15, 0.2) is 46.9 Å². The van der Waals surface area contributed by atoms with Gasteiger partial charge in [0.1, 0.15) is 11.5 Å². The van der Waals surface area contributed by atoms with Gasteiger partial charge in [0.2, 0.25) is 5.91 Å². The molecule has 0 radical (unpaired) electrons. The van der Waals surface area contributed by atoms with E-state index in [1.807, 2.05) is 42.5 Å². The number of carbonyl (C=O) groups is 1. The Morgan fingerprint density at radius 2 is 1.88 bits per heavy atom. The molecular formula is C19H24N2O4S. The Morgan fingerprint density at radius 3 is 2.50 bits per heavy atom. The van der Waals surface area contributed by atoms with Gasteiger partial charge in [-0.25, -0.2) is 13.4 Å². The monoisotopic (exact) mass is 376 g/mol. The summed E-state index contributed by atoms with van der Waals surface area (Å²) in [5.41, 5.74) is 0.996. The molecule has 7 heteroatoms. The summed E-state index contributed by atoms with van der Waals surface area (Å²) >= 11 is 0. The van der Waals surface area contributed by atoms with Gasteiger partial charge in [0, 0.05) is 32.5 Å². The minimum Gasteiger partial charge on any atom is -0.461 e. The fraction of sp³-hybridized carbons (Fsp3) is 0.421. The molecule has 0 saturated carbocycles. The number of hydrogen-bond donors (Lipinski definition) is 0. The molecule has 0 bridgehead atoms. The van der Waals surface area contributed by atoms with E-state index in [4.69, 9.17) is 4.42 Å². The molecule has 26 heavy (non-hydrogen) atoms. The molecule has 2 heterocycles. The first-order valence-electron chi connectivity index (χ1n) is 8.69. The molecule has 0 N–H and O–H groups in total. The predicted molar refractivity (Wildman–Crippen MR) is 100 cm³/mol. The molecule has 1 amide bonds. The standard InChI is InChI=1S/C19H24N2O4S/c1-20(2)21(16-12-13-26(23,24)14-16)19(22)11-9-17-8-10-18(25-17)15-6-4-3-5-7-15/h3-8,10,16H,9,11-14H2,1-2H3. The smallest absolute Gasteiger partial charge is 0.237 e. The minimum atomic E-state index is -3.04. The van der Waals surface area contributed by atoms with Gasteiger partial charge >= 0.3 is 0 Å². The highest BCUT2D eigenvalue weighted by molar-refractivity contribution is 7.91. The Labute approximate surface area is 154 Å². The first-order chi connectivity index (χ1) is 12.4. The molecule has 3 rings (SSSR count). The highest BCUT2D eigenvalue weighted by atomic mass is 32.2. The zero-order valence-corrected chi connectivity index (χ0v) is 15.9. The first-order valence-corrected chi connectivity index (χ1v) is 10.5. The second-order valence-electron chi connectivity index (χ2n) is 6.77. The van der Waals surface area contributed by atoms with Crippen molar-refractivity contribution in [3.05, 3.63) is 48.2 Å². The van der Waals surface area contributed by atoms with E-state index in [9.17, 15) is 13.2 Å².